The fourth-order valence-corrected chi connectivity index (χ4v) is 5.78. The number of allylic oxidation sites excluding steroid dienone is 1. The lowest BCUT2D eigenvalue weighted by Gasteiger charge is -2.34. The highest BCUT2D eigenvalue weighted by Crippen LogP contribution is 2.40. The zero-order valence-corrected chi connectivity index (χ0v) is 21.4. The minimum atomic E-state index is -4.25. The quantitative estimate of drug-likeness (QED) is 0.388. The van der Waals surface area contributed by atoms with E-state index in [1.807, 2.05) is 11.5 Å². The first kappa shape index (κ1) is 26.3. The van der Waals surface area contributed by atoms with E-state index in [-0.39, 0.29) is 18.9 Å². The van der Waals surface area contributed by atoms with Crippen LogP contribution in [0.3, 0.4) is 0 Å². The topological polar surface area (TPSA) is 80.3 Å². The molecule has 0 spiro atoms. The third kappa shape index (κ3) is 6.94. The number of rotatable bonds is 6. The largest absolute Gasteiger partial charge is 0.391 e. The number of fused-ring (bicyclic) bond motifs is 1. The van der Waals surface area contributed by atoms with Crippen LogP contribution < -0.4 is 16.4 Å². The van der Waals surface area contributed by atoms with Crippen molar-refractivity contribution in [2.45, 2.75) is 114 Å². The molecule has 1 aromatic heterocycles. The Labute approximate surface area is 211 Å². The number of alkyl halides is 4. The standard InChI is InChI=1S/C25H38ClF3N6/c1-15-7-8-22(31-19-5-3-4-6-19)34-23-21(11-15)33-24(35(23)10-9-16(2)30)32-20-13-17(25(27,28)29)12-18(26)14-20/h11,16-20H,3-10,12-14,30H2,1-2H3,(H,31,34)(H,32,33). The van der Waals surface area contributed by atoms with E-state index in [9.17, 15) is 13.2 Å². The Kier molecular flexibility index (Phi) is 8.36. The van der Waals surface area contributed by atoms with E-state index >= 15 is 0 Å². The summed E-state index contributed by atoms with van der Waals surface area (Å²) in [5, 5.41) is 6.36. The molecule has 2 saturated carbocycles. The van der Waals surface area contributed by atoms with E-state index in [1.165, 1.54) is 18.4 Å². The molecule has 0 saturated heterocycles. The second-order valence-electron chi connectivity index (χ2n) is 10.6. The lowest BCUT2D eigenvalue weighted by atomic mass is 9.85. The van der Waals surface area contributed by atoms with Crippen molar-refractivity contribution in [1.29, 1.82) is 0 Å². The van der Waals surface area contributed by atoms with Crippen LogP contribution in [-0.4, -0.2) is 45.1 Å². The van der Waals surface area contributed by atoms with E-state index in [0.717, 1.165) is 43.0 Å². The fraction of sp³-hybridized carbons (Fsp3) is 0.760. The molecule has 2 aliphatic carbocycles. The third-order valence-electron chi connectivity index (χ3n) is 7.31. The van der Waals surface area contributed by atoms with Crippen molar-refractivity contribution in [3.63, 3.8) is 0 Å². The molecule has 10 heteroatoms. The van der Waals surface area contributed by atoms with Gasteiger partial charge in [-0.2, -0.15) is 13.2 Å². The van der Waals surface area contributed by atoms with Gasteiger partial charge in [-0.25, -0.2) is 4.98 Å². The molecule has 196 valence electrons. The summed E-state index contributed by atoms with van der Waals surface area (Å²) in [6, 6.07) is -0.0726. The van der Waals surface area contributed by atoms with Gasteiger partial charge in [-0.05, 0) is 64.9 Å². The first-order chi connectivity index (χ1) is 16.6. The van der Waals surface area contributed by atoms with Gasteiger partial charge in [-0.1, -0.05) is 18.4 Å². The third-order valence-corrected chi connectivity index (χ3v) is 7.67. The van der Waals surface area contributed by atoms with Crippen LogP contribution >= 0.6 is 11.6 Å². The van der Waals surface area contributed by atoms with Crippen LogP contribution in [0.4, 0.5) is 24.9 Å². The average Bonchev–Trinajstić information content (AvgIpc) is 3.37. The molecule has 4 atom stereocenters. The summed E-state index contributed by atoms with van der Waals surface area (Å²) in [4.78, 5) is 9.87. The van der Waals surface area contributed by atoms with E-state index in [0.29, 0.717) is 31.4 Å². The lowest BCUT2D eigenvalue weighted by molar-refractivity contribution is -0.182. The van der Waals surface area contributed by atoms with Gasteiger partial charge < -0.3 is 16.4 Å². The second kappa shape index (κ2) is 11.1. The van der Waals surface area contributed by atoms with Crippen molar-refractivity contribution in [2.24, 2.45) is 16.6 Å². The van der Waals surface area contributed by atoms with E-state index in [2.05, 4.69) is 23.6 Å². The number of aliphatic imine (C=N–C) groups is 1. The van der Waals surface area contributed by atoms with Gasteiger partial charge in [0.2, 0.25) is 5.95 Å². The molecule has 1 aliphatic heterocycles. The van der Waals surface area contributed by atoms with Crippen molar-refractivity contribution >= 4 is 35.3 Å². The van der Waals surface area contributed by atoms with Gasteiger partial charge in [0.05, 0.1) is 12.0 Å². The number of nitrogens with one attached hydrogen (secondary N) is 2. The molecule has 35 heavy (non-hydrogen) atoms. The van der Waals surface area contributed by atoms with Crippen LogP contribution in [0.15, 0.2) is 10.6 Å². The maximum atomic E-state index is 13.5. The summed E-state index contributed by atoms with van der Waals surface area (Å²) in [5.74, 6) is 0.936. The van der Waals surface area contributed by atoms with Gasteiger partial charge in [-0.3, -0.25) is 9.56 Å². The summed E-state index contributed by atoms with van der Waals surface area (Å²) in [6.07, 6.45) is 5.32. The van der Waals surface area contributed by atoms with Gasteiger partial charge in [0.1, 0.15) is 17.3 Å². The predicted octanol–water partition coefficient (Wildman–Crippen LogP) is 6.32. The van der Waals surface area contributed by atoms with Crippen LogP contribution in [0.2, 0.25) is 0 Å². The van der Waals surface area contributed by atoms with Crippen molar-refractivity contribution in [3.8, 4) is 0 Å². The molecule has 1 aromatic rings. The molecular formula is C25H38ClF3N6. The number of amidine groups is 1. The molecule has 4 rings (SSSR count). The Morgan fingerprint density at radius 3 is 2.69 bits per heavy atom. The zero-order valence-electron chi connectivity index (χ0n) is 20.7. The number of nitrogens with two attached hydrogens (primary N) is 1. The Morgan fingerprint density at radius 2 is 2.00 bits per heavy atom. The zero-order chi connectivity index (χ0) is 25.2. The predicted molar refractivity (Wildman–Crippen MR) is 137 cm³/mol. The van der Waals surface area contributed by atoms with Crippen molar-refractivity contribution in [1.82, 2.24) is 9.55 Å². The van der Waals surface area contributed by atoms with E-state index in [1.54, 1.807) is 0 Å². The highest BCUT2D eigenvalue weighted by Gasteiger charge is 2.45. The van der Waals surface area contributed by atoms with Crippen molar-refractivity contribution in [3.05, 3.63) is 11.3 Å². The summed E-state index contributed by atoms with van der Waals surface area (Å²) in [5.41, 5.74) is 8.04. The van der Waals surface area contributed by atoms with Crippen molar-refractivity contribution < 1.29 is 13.2 Å². The first-order valence-corrected chi connectivity index (χ1v) is 13.4. The molecule has 0 amide bonds. The first-order valence-electron chi connectivity index (χ1n) is 12.9. The number of hydrogen-bond donors (Lipinski definition) is 3. The van der Waals surface area contributed by atoms with Gasteiger partial charge in [-0.15, -0.1) is 11.6 Å². The molecule has 2 fully saturated rings. The van der Waals surface area contributed by atoms with Gasteiger partial charge in [0.15, 0.2) is 0 Å². The number of anilines is 2. The van der Waals surface area contributed by atoms with Crippen LogP contribution in [-0.2, 0) is 6.54 Å². The number of hydrogen-bond acceptors (Lipinski definition) is 4. The number of halogens is 4. The highest BCUT2D eigenvalue weighted by atomic mass is 35.5. The number of aromatic nitrogens is 2. The summed E-state index contributed by atoms with van der Waals surface area (Å²) in [6.45, 7) is 4.63. The second-order valence-corrected chi connectivity index (χ2v) is 11.2. The molecule has 6 nitrogen and oxygen atoms in total. The minimum Gasteiger partial charge on any atom is -0.353 e. The maximum absolute atomic E-state index is 13.5. The van der Waals surface area contributed by atoms with Crippen LogP contribution in [0.1, 0.15) is 83.7 Å². The summed E-state index contributed by atoms with van der Waals surface area (Å²) < 4.78 is 42.5. The summed E-state index contributed by atoms with van der Waals surface area (Å²) in [7, 11) is 0. The average molecular weight is 515 g/mol. The van der Waals surface area contributed by atoms with Gasteiger partial charge >= 0.3 is 6.18 Å². The Balaban J connectivity index is 1.65. The van der Waals surface area contributed by atoms with Crippen LogP contribution in [0.5, 0.6) is 0 Å². The lowest BCUT2D eigenvalue weighted by Crippen LogP contribution is -2.39. The molecule has 0 bridgehead atoms. The molecular weight excluding hydrogens is 477 g/mol. The Morgan fingerprint density at radius 1 is 1.26 bits per heavy atom. The highest BCUT2D eigenvalue weighted by molar-refractivity contribution is 6.20. The van der Waals surface area contributed by atoms with E-state index in [4.69, 9.17) is 27.3 Å². The normalized spacial score (nSPS) is 28.1. The van der Waals surface area contributed by atoms with E-state index < -0.39 is 23.5 Å². The number of nitrogens with zero attached hydrogens (tertiary/aromatic N) is 3. The molecule has 4 N–H and O–H groups in total. The fourth-order valence-electron chi connectivity index (χ4n) is 5.35. The molecule has 0 radical (unpaired) electrons. The van der Waals surface area contributed by atoms with Gasteiger partial charge in [0.25, 0.3) is 0 Å². The maximum Gasteiger partial charge on any atom is 0.391 e. The Hall–Kier alpha value is -1.74. The minimum absolute atomic E-state index is 0.00573. The van der Waals surface area contributed by atoms with Crippen LogP contribution in [0, 0.1) is 5.92 Å². The number of imidazole rings is 1. The SMILES string of the molecule is CC1=Cc2nc(NC3CC(Cl)CC(C(F)(F)F)C3)n(CCC(C)N)c2NC(=NC2CCCC2)CC1. The smallest absolute Gasteiger partial charge is 0.353 e. The molecule has 0 aromatic carbocycles. The monoisotopic (exact) mass is 514 g/mol. The molecule has 3 aliphatic rings. The molecule has 2 heterocycles. The Bertz CT molecular complexity index is 932. The van der Waals surface area contributed by atoms with Crippen LogP contribution in [0.25, 0.3) is 6.08 Å². The summed E-state index contributed by atoms with van der Waals surface area (Å²) >= 11 is 6.26. The molecule has 4 unspecified atom stereocenters. The van der Waals surface area contributed by atoms with Gasteiger partial charge in [0, 0.05) is 30.4 Å². The van der Waals surface area contributed by atoms with Crippen molar-refractivity contribution in [2.75, 3.05) is 10.6 Å².